The molecule has 1 aromatic heterocycles. The van der Waals surface area contributed by atoms with Gasteiger partial charge in [-0.2, -0.15) is 13.2 Å². The summed E-state index contributed by atoms with van der Waals surface area (Å²) < 4.78 is 38.7. The van der Waals surface area contributed by atoms with Crippen LogP contribution in [0.5, 0.6) is 0 Å². The predicted molar refractivity (Wildman–Crippen MR) is 82.5 cm³/mol. The first kappa shape index (κ1) is 16.0. The Kier molecular flexibility index (Phi) is 3.91. The Morgan fingerprint density at radius 1 is 1.39 bits per heavy atom. The van der Waals surface area contributed by atoms with Crippen molar-refractivity contribution in [2.75, 3.05) is 5.32 Å². The van der Waals surface area contributed by atoms with Gasteiger partial charge < -0.3 is 5.32 Å². The highest BCUT2D eigenvalue weighted by Crippen LogP contribution is 2.58. The lowest BCUT2D eigenvalue weighted by Gasteiger charge is -2.17. The molecule has 0 unspecified atom stereocenters. The Hall–Kier alpha value is -1.89. The summed E-state index contributed by atoms with van der Waals surface area (Å²) in [7, 11) is 0. The number of nitrogens with zero attached hydrogens (tertiary/aromatic N) is 1. The molecule has 1 fully saturated rings. The van der Waals surface area contributed by atoms with Gasteiger partial charge >= 0.3 is 6.18 Å². The van der Waals surface area contributed by atoms with Gasteiger partial charge in [-0.25, -0.2) is 4.98 Å². The number of nitrogens with one attached hydrogen (secondary N) is 1. The number of rotatable bonds is 4. The van der Waals surface area contributed by atoms with E-state index in [1.807, 2.05) is 31.2 Å². The molecule has 0 spiro atoms. The first-order valence-electron chi connectivity index (χ1n) is 7.19. The molecule has 122 valence electrons. The van der Waals surface area contributed by atoms with Crippen molar-refractivity contribution in [3.05, 3.63) is 46.5 Å². The quantitative estimate of drug-likeness (QED) is 0.900. The molecule has 23 heavy (non-hydrogen) atoms. The monoisotopic (exact) mass is 340 g/mol. The molecule has 1 amide bonds. The van der Waals surface area contributed by atoms with Gasteiger partial charge in [-0.1, -0.05) is 29.8 Å². The average Bonchev–Trinajstić information content (AvgIpc) is 3.17. The van der Waals surface area contributed by atoms with Crippen molar-refractivity contribution >= 4 is 22.4 Å². The topological polar surface area (TPSA) is 42.0 Å². The summed E-state index contributed by atoms with van der Waals surface area (Å²) in [5, 5.41) is 2.53. The Balaban J connectivity index is 1.67. The number of anilines is 1. The van der Waals surface area contributed by atoms with Crippen LogP contribution >= 0.6 is 11.3 Å². The second kappa shape index (κ2) is 5.63. The molecule has 1 heterocycles. The fourth-order valence-electron chi connectivity index (χ4n) is 2.45. The zero-order chi connectivity index (χ0) is 16.7. The van der Waals surface area contributed by atoms with Gasteiger partial charge in [-0.05, 0) is 25.3 Å². The van der Waals surface area contributed by atoms with Crippen LogP contribution in [-0.4, -0.2) is 17.1 Å². The molecular formula is C16H15F3N2OS. The summed E-state index contributed by atoms with van der Waals surface area (Å²) in [5.41, 5.74) is 0.0249. The maximum Gasteiger partial charge on any atom is 0.403 e. The van der Waals surface area contributed by atoms with Gasteiger partial charge in [0.25, 0.3) is 0 Å². The van der Waals surface area contributed by atoms with Gasteiger partial charge in [0.15, 0.2) is 5.13 Å². The summed E-state index contributed by atoms with van der Waals surface area (Å²) in [6.45, 7) is 1.99. The van der Waals surface area contributed by atoms with Crippen molar-refractivity contribution in [3.63, 3.8) is 0 Å². The summed E-state index contributed by atoms with van der Waals surface area (Å²) in [6.07, 6.45) is -2.57. The van der Waals surface area contributed by atoms with Crippen LogP contribution in [-0.2, 0) is 11.2 Å². The summed E-state index contributed by atoms with van der Waals surface area (Å²) >= 11 is 1.21. The zero-order valence-electron chi connectivity index (χ0n) is 12.4. The minimum absolute atomic E-state index is 0.149. The molecule has 7 heteroatoms. The van der Waals surface area contributed by atoms with Crippen LogP contribution in [0.3, 0.4) is 0 Å². The molecule has 0 radical (unpaired) electrons. The third kappa shape index (κ3) is 3.24. The zero-order valence-corrected chi connectivity index (χ0v) is 13.2. The van der Waals surface area contributed by atoms with E-state index in [-0.39, 0.29) is 18.0 Å². The second-order valence-corrected chi connectivity index (χ2v) is 6.95. The minimum atomic E-state index is -4.50. The molecule has 0 bridgehead atoms. The number of halogens is 3. The number of aromatic nitrogens is 1. The third-order valence-corrected chi connectivity index (χ3v) is 4.87. The van der Waals surface area contributed by atoms with Crippen LogP contribution in [0.25, 0.3) is 0 Å². The third-order valence-electron chi connectivity index (χ3n) is 3.96. The lowest BCUT2D eigenvalue weighted by atomic mass is 10.1. The highest BCUT2D eigenvalue weighted by molar-refractivity contribution is 7.15. The number of benzene rings is 1. The van der Waals surface area contributed by atoms with Gasteiger partial charge in [-0.3, -0.25) is 4.79 Å². The van der Waals surface area contributed by atoms with Crippen LogP contribution in [0.1, 0.15) is 28.8 Å². The Labute approximate surface area is 135 Å². The molecule has 2 aromatic rings. The van der Waals surface area contributed by atoms with E-state index in [0.717, 1.165) is 16.0 Å². The molecule has 1 saturated carbocycles. The highest BCUT2D eigenvalue weighted by Gasteiger charge is 2.68. The number of aryl methyl sites for hydroxylation is 1. The number of carbonyl (C=O) groups is 1. The van der Waals surface area contributed by atoms with Crippen molar-refractivity contribution < 1.29 is 18.0 Å². The van der Waals surface area contributed by atoms with Crippen molar-refractivity contribution in [2.24, 2.45) is 5.41 Å². The van der Waals surface area contributed by atoms with E-state index in [9.17, 15) is 18.0 Å². The lowest BCUT2D eigenvalue weighted by Crippen LogP contribution is -2.36. The Morgan fingerprint density at radius 3 is 2.74 bits per heavy atom. The van der Waals surface area contributed by atoms with E-state index in [0.29, 0.717) is 6.42 Å². The SMILES string of the molecule is Cc1cccc(Cc2cnc(NC(=O)C3(C(F)(F)F)CC3)s2)c1. The molecular weight excluding hydrogens is 325 g/mol. The number of alkyl halides is 3. The maximum absolute atomic E-state index is 12.9. The van der Waals surface area contributed by atoms with Gasteiger partial charge in [0.1, 0.15) is 5.41 Å². The molecule has 1 aliphatic carbocycles. The van der Waals surface area contributed by atoms with Crippen molar-refractivity contribution in [1.29, 1.82) is 0 Å². The van der Waals surface area contributed by atoms with Gasteiger partial charge in [0.05, 0.1) is 0 Å². The van der Waals surface area contributed by atoms with Gasteiger partial charge in [0.2, 0.25) is 5.91 Å². The van der Waals surface area contributed by atoms with Gasteiger partial charge in [-0.15, -0.1) is 11.3 Å². The molecule has 0 saturated heterocycles. The van der Waals surface area contributed by atoms with E-state index < -0.39 is 17.5 Å². The number of hydrogen-bond donors (Lipinski definition) is 1. The van der Waals surface area contributed by atoms with Crippen LogP contribution in [0.15, 0.2) is 30.5 Å². The molecule has 1 aliphatic rings. The first-order chi connectivity index (χ1) is 10.8. The Morgan fingerprint density at radius 2 is 2.13 bits per heavy atom. The summed E-state index contributed by atoms with van der Waals surface area (Å²) in [6, 6.07) is 7.97. The average molecular weight is 340 g/mol. The van der Waals surface area contributed by atoms with Crippen LogP contribution in [0, 0.1) is 12.3 Å². The Bertz CT molecular complexity index is 735. The lowest BCUT2D eigenvalue weighted by molar-refractivity contribution is -0.189. The fourth-order valence-corrected chi connectivity index (χ4v) is 3.29. The van der Waals surface area contributed by atoms with Crippen molar-refractivity contribution in [1.82, 2.24) is 4.98 Å². The molecule has 3 rings (SSSR count). The van der Waals surface area contributed by atoms with E-state index in [1.165, 1.54) is 11.3 Å². The van der Waals surface area contributed by atoms with Crippen LogP contribution in [0.2, 0.25) is 0 Å². The number of hydrogen-bond acceptors (Lipinski definition) is 3. The summed E-state index contributed by atoms with van der Waals surface area (Å²) in [5.74, 6) is -0.999. The molecule has 0 atom stereocenters. The van der Waals surface area contributed by atoms with Crippen LogP contribution < -0.4 is 5.32 Å². The standard InChI is InChI=1S/C16H15F3N2OS/c1-10-3-2-4-11(7-10)8-12-9-20-14(23-12)21-13(22)15(5-6-15)16(17,18)19/h2-4,7,9H,5-6,8H2,1H3,(H,20,21,22). The normalized spacial score (nSPS) is 16.2. The minimum Gasteiger partial charge on any atom is -0.301 e. The smallest absolute Gasteiger partial charge is 0.301 e. The summed E-state index contributed by atoms with van der Waals surface area (Å²) in [4.78, 5) is 16.8. The first-order valence-corrected chi connectivity index (χ1v) is 8.00. The van der Waals surface area contributed by atoms with Crippen molar-refractivity contribution in [3.8, 4) is 0 Å². The van der Waals surface area contributed by atoms with E-state index >= 15 is 0 Å². The molecule has 3 nitrogen and oxygen atoms in total. The number of thiazole rings is 1. The molecule has 1 N–H and O–H groups in total. The van der Waals surface area contributed by atoms with Gasteiger partial charge in [0, 0.05) is 17.5 Å². The predicted octanol–water partition coefficient (Wildman–Crippen LogP) is 4.32. The van der Waals surface area contributed by atoms with E-state index in [1.54, 1.807) is 6.20 Å². The van der Waals surface area contributed by atoms with E-state index in [4.69, 9.17) is 0 Å². The fraction of sp³-hybridized carbons (Fsp3) is 0.375. The van der Waals surface area contributed by atoms with Crippen LogP contribution in [0.4, 0.5) is 18.3 Å². The largest absolute Gasteiger partial charge is 0.403 e. The van der Waals surface area contributed by atoms with E-state index in [2.05, 4.69) is 10.3 Å². The number of carbonyl (C=O) groups excluding carboxylic acids is 1. The van der Waals surface area contributed by atoms with Crippen molar-refractivity contribution in [2.45, 2.75) is 32.4 Å². The molecule has 1 aromatic carbocycles. The second-order valence-electron chi connectivity index (χ2n) is 5.83. The number of amides is 1. The maximum atomic E-state index is 12.9. The highest BCUT2D eigenvalue weighted by atomic mass is 32.1. The molecule has 0 aliphatic heterocycles.